The zero-order valence-electron chi connectivity index (χ0n) is 74.8. The van der Waals surface area contributed by atoms with E-state index in [4.69, 9.17) is 8.23 Å². The van der Waals surface area contributed by atoms with Gasteiger partial charge >= 0.3 is 0 Å². The summed E-state index contributed by atoms with van der Waals surface area (Å²) < 4.78 is 19.1. The molecule has 0 aliphatic carbocycles. The zero-order chi connectivity index (χ0) is 88.8. The van der Waals surface area contributed by atoms with E-state index in [1.165, 1.54) is 131 Å². The highest BCUT2D eigenvalue weighted by atomic mass is 28.4. The molecular weight excluding hydrogens is 1640 g/mol. The molecule has 20 aromatic rings. The van der Waals surface area contributed by atoms with Gasteiger partial charge in [0.15, 0.2) is 0 Å². The molecule has 0 amide bonds. The third kappa shape index (κ3) is 18.4. The van der Waals surface area contributed by atoms with E-state index in [0.717, 1.165) is 45.3 Å². The maximum absolute atomic E-state index is 7.21. The maximum Gasteiger partial charge on any atom is 0.206 e. The van der Waals surface area contributed by atoms with Gasteiger partial charge in [-0.2, -0.15) is 0 Å². The summed E-state index contributed by atoms with van der Waals surface area (Å²) >= 11 is 0. The molecule has 0 aliphatic heterocycles. The summed E-state index contributed by atoms with van der Waals surface area (Å²) in [5.74, 6) is 0. The van der Waals surface area contributed by atoms with Crippen LogP contribution in [0.1, 0.15) is 44.5 Å². The van der Waals surface area contributed by atoms with Crippen molar-refractivity contribution in [1.82, 2.24) is 9.13 Å². The van der Waals surface area contributed by atoms with E-state index in [1.807, 2.05) is 0 Å². The molecule has 0 bridgehead atoms. The Labute approximate surface area is 768 Å². The van der Waals surface area contributed by atoms with Gasteiger partial charge < -0.3 is 27.2 Å². The highest BCUT2D eigenvalue weighted by molar-refractivity contribution is 6.97. The standard InChI is InChI=1S/C64H56N2OSi2.C56H48N2OSi2/c1-68(2,59-45-37-51(38-46-59)31-29-49-33-41-57(42-34-49)65(55-21-7-5-8-22-55)63-27-15-19-53-17-11-13-25-61(53)63)67-69(3,4)60-47-39-52(40-48-60)32-30-50-35-43-58(44-36-50)66(56-23-9-6-10-24-56)64-28-16-20-54-18-12-14-26-62(54)64;1-60(2,47-37-29-43(30-38-47)23-21-41-25-33-45(34-26-41)57-53-17-9-5-13-49(53)50-14-6-10-18-54(50)57)59-61(3,4)48-39-31-44(32-40-48)24-22-42-27-35-46(36-28-42)58-55-19-11-7-15-51(55)52-16-8-12-20-56(52)58/h5-48H,1-4H3;5-40H,1-4H3/b31-29+,32-30+;23-21+,24-22+. The van der Waals surface area contributed by atoms with Crippen LogP contribution in [0.25, 0.3) is 125 Å². The van der Waals surface area contributed by atoms with Crippen molar-refractivity contribution in [1.29, 1.82) is 0 Å². The van der Waals surface area contributed by atoms with Crippen LogP contribution < -0.4 is 30.5 Å². The van der Waals surface area contributed by atoms with Crippen LogP contribution in [-0.2, 0) is 8.23 Å². The summed E-state index contributed by atoms with van der Waals surface area (Å²) in [7, 11) is -8.83. The molecule has 18 aromatic carbocycles. The quantitative estimate of drug-likeness (QED) is 0.0446. The maximum atomic E-state index is 7.21. The fourth-order valence-electron chi connectivity index (χ4n) is 18.4. The van der Waals surface area contributed by atoms with Gasteiger partial charge in [-0.1, -0.05) is 376 Å². The van der Waals surface area contributed by atoms with Crippen LogP contribution >= 0.6 is 0 Å². The third-order valence-electron chi connectivity index (χ3n) is 25.1. The van der Waals surface area contributed by atoms with Gasteiger partial charge in [0.2, 0.25) is 33.3 Å². The first-order chi connectivity index (χ1) is 63.4. The molecule has 632 valence electrons. The second kappa shape index (κ2) is 37.0. The fourth-order valence-corrected chi connectivity index (χ4v) is 34.4. The molecule has 6 nitrogen and oxygen atoms in total. The monoisotopic (exact) mass is 1740 g/mol. The van der Waals surface area contributed by atoms with E-state index in [2.05, 4.69) is 557 Å². The Morgan fingerprint density at radius 1 is 0.185 bits per heavy atom. The van der Waals surface area contributed by atoms with Crippen LogP contribution in [0.2, 0.25) is 52.4 Å². The van der Waals surface area contributed by atoms with E-state index in [-0.39, 0.29) is 0 Å². The van der Waals surface area contributed by atoms with Crippen molar-refractivity contribution < 1.29 is 8.23 Å². The SMILES string of the molecule is C[Si](C)(O[Si](C)(C)c1ccc(/C=C/c2ccc(-n3c4ccccc4c4ccccc43)cc2)cc1)c1ccc(/C=C/c2ccc(-n3c4ccccc4c4ccccc43)cc2)cc1.C[Si](C)(O[Si](C)(C)c1ccc(/C=C/c2ccc(N(c3ccccc3)c3cccc4ccccc34)cc2)cc1)c1ccc(/C=C/c2ccc(N(c3ccccc3)c3cccc4ccccc34)cc2)cc1. The number of rotatable bonds is 24. The summed E-state index contributed by atoms with van der Waals surface area (Å²) in [5, 5.41) is 15.2. The van der Waals surface area contributed by atoms with Crippen molar-refractivity contribution in [2.75, 3.05) is 9.80 Å². The number of hydrogen-bond acceptors (Lipinski definition) is 4. The minimum Gasteiger partial charge on any atom is -0.449 e. The van der Waals surface area contributed by atoms with Gasteiger partial charge in [0.25, 0.3) is 0 Å². The van der Waals surface area contributed by atoms with Crippen LogP contribution in [0.15, 0.2) is 437 Å². The Balaban J connectivity index is 0.000000170. The van der Waals surface area contributed by atoms with Crippen LogP contribution in [0.5, 0.6) is 0 Å². The number of hydrogen-bond donors (Lipinski definition) is 0. The highest BCUT2D eigenvalue weighted by Gasteiger charge is 2.38. The van der Waals surface area contributed by atoms with Crippen molar-refractivity contribution in [2.24, 2.45) is 0 Å². The van der Waals surface area contributed by atoms with E-state index >= 15 is 0 Å². The van der Waals surface area contributed by atoms with Crippen molar-refractivity contribution in [3.8, 4) is 11.4 Å². The van der Waals surface area contributed by atoms with Crippen LogP contribution in [0.3, 0.4) is 0 Å². The van der Waals surface area contributed by atoms with Crippen molar-refractivity contribution >= 4 is 202 Å². The first-order valence-corrected chi connectivity index (χ1v) is 56.6. The summed E-state index contributed by atoms with van der Waals surface area (Å²) in [4.78, 5) is 4.68. The van der Waals surface area contributed by atoms with Gasteiger partial charge in [-0.3, -0.25) is 0 Å². The Hall–Kier alpha value is -14.6. The van der Waals surface area contributed by atoms with Crippen molar-refractivity contribution in [3.63, 3.8) is 0 Å². The fraction of sp³-hybridized carbons (Fsp3) is 0.0667. The predicted octanol–water partition coefficient (Wildman–Crippen LogP) is 30.6. The molecule has 20 rings (SSSR count). The minimum atomic E-state index is -2.23. The number of para-hydroxylation sites is 6. The van der Waals surface area contributed by atoms with E-state index in [1.54, 1.807) is 0 Å². The molecule has 0 spiro atoms. The third-order valence-corrected chi connectivity index (χ3v) is 40.2. The van der Waals surface area contributed by atoms with E-state index in [9.17, 15) is 0 Å². The number of fused-ring (bicyclic) bond motifs is 8. The molecule has 0 radical (unpaired) electrons. The lowest BCUT2D eigenvalue weighted by atomic mass is 10.1. The number of nitrogens with zero attached hydrogens (tertiary/aromatic N) is 4. The first-order valence-electron chi connectivity index (χ1n) is 45.0. The lowest BCUT2D eigenvalue weighted by Crippen LogP contribution is -2.57. The molecule has 0 fully saturated rings. The molecule has 0 aliphatic rings. The Morgan fingerprint density at radius 2 is 0.385 bits per heavy atom. The second-order valence-electron chi connectivity index (χ2n) is 35.5. The van der Waals surface area contributed by atoms with Crippen molar-refractivity contribution in [2.45, 2.75) is 52.4 Å². The van der Waals surface area contributed by atoms with Gasteiger partial charge in [-0.05, 0) is 238 Å². The van der Waals surface area contributed by atoms with Crippen LogP contribution in [-0.4, -0.2) is 42.4 Å². The summed E-state index contributed by atoms with van der Waals surface area (Å²) in [5.41, 5.74) is 23.4. The van der Waals surface area contributed by atoms with Gasteiger partial charge in [-0.15, -0.1) is 0 Å². The van der Waals surface area contributed by atoms with Crippen LogP contribution in [0.4, 0.5) is 34.1 Å². The summed E-state index contributed by atoms with van der Waals surface area (Å²) in [6, 6.07) is 157. The van der Waals surface area contributed by atoms with Gasteiger partial charge in [-0.25, -0.2) is 0 Å². The second-order valence-corrected chi connectivity index (χ2v) is 51.5. The lowest BCUT2D eigenvalue weighted by molar-refractivity contribution is 0.572. The van der Waals surface area contributed by atoms with Gasteiger partial charge in [0.05, 0.1) is 33.4 Å². The lowest BCUT2D eigenvalue weighted by Gasteiger charge is -2.34. The van der Waals surface area contributed by atoms with Crippen molar-refractivity contribution in [3.05, 3.63) is 481 Å². The Kier molecular flexibility index (Phi) is 24.2. The molecule has 2 aromatic heterocycles. The first kappa shape index (κ1) is 84.9. The summed E-state index contributed by atoms with van der Waals surface area (Å²) in [6.45, 7) is 18.6. The van der Waals surface area contributed by atoms with Crippen LogP contribution in [0, 0.1) is 0 Å². The van der Waals surface area contributed by atoms with Gasteiger partial charge in [0.1, 0.15) is 0 Å². The van der Waals surface area contributed by atoms with E-state index < -0.39 is 33.3 Å². The van der Waals surface area contributed by atoms with E-state index in [0.29, 0.717) is 0 Å². The largest absolute Gasteiger partial charge is 0.449 e. The van der Waals surface area contributed by atoms with Gasteiger partial charge in [0, 0.05) is 66.4 Å². The zero-order valence-corrected chi connectivity index (χ0v) is 78.8. The molecule has 10 heteroatoms. The molecule has 0 saturated carbocycles. The smallest absolute Gasteiger partial charge is 0.206 e. The summed E-state index contributed by atoms with van der Waals surface area (Å²) in [6.07, 6.45) is 17.6. The molecule has 130 heavy (non-hydrogen) atoms. The predicted molar refractivity (Wildman–Crippen MR) is 571 cm³/mol. The normalized spacial score (nSPS) is 12.2. The molecule has 0 unspecified atom stereocenters. The molecular formula is C120H104N4O2Si4. The minimum absolute atomic E-state index is 1.12. The Morgan fingerprint density at radius 3 is 0.646 bits per heavy atom. The molecule has 0 N–H and O–H groups in total. The number of benzene rings is 18. The average molecular weight is 1750 g/mol. The average Bonchev–Trinajstić information content (AvgIpc) is 1.64. The molecule has 0 saturated heterocycles. The topological polar surface area (TPSA) is 34.8 Å². The number of aromatic nitrogens is 2. The highest BCUT2D eigenvalue weighted by Crippen LogP contribution is 2.42. The Bertz CT molecular complexity index is 6960. The number of anilines is 6. The molecule has 0 atom stereocenters. The molecule has 2 heterocycles.